The largest absolute Gasteiger partial charge is 0.395 e. The molecule has 1 aromatic rings. The fourth-order valence-electron chi connectivity index (χ4n) is 2.78. The molecule has 1 unspecified atom stereocenters. The molecule has 22 heavy (non-hydrogen) atoms. The lowest BCUT2D eigenvalue weighted by Crippen LogP contribution is -2.33. The molecule has 0 aromatic heterocycles. The van der Waals surface area contributed by atoms with E-state index in [4.69, 9.17) is 0 Å². The molecule has 1 aromatic carbocycles. The number of nitrogens with zero attached hydrogens (tertiary/aromatic N) is 1. The van der Waals surface area contributed by atoms with Crippen molar-refractivity contribution in [2.24, 2.45) is 0 Å². The molecule has 7 heteroatoms. The van der Waals surface area contributed by atoms with Crippen molar-refractivity contribution < 1.29 is 17.9 Å². The Morgan fingerprint density at radius 2 is 2.09 bits per heavy atom. The zero-order chi connectivity index (χ0) is 16.0. The van der Waals surface area contributed by atoms with Gasteiger partial charge in [0, 0.05) is 12.6 Å². The monoisotopic (exact) mass is 330 g/mol. The lowest BCUT2D eigenvalue weighted by molar-refractivity contribution is 0.157. The van der Waals surface area contributed by atoms with Crippen LogP contribution < -0.4 is 4.72 Å². The van der Waals surface area contributed by atoms with Crippen LogP contribution in [0.4, 0.5) is 4.39 Å². The van der Waals surface area contributed by atoms with Gasteiger partial charge in [-0.1, -0.05) is 12.1 Å². The Balaban J connectivity index is 1.73. The second kappa shape index (κ2) is 8.01. The molecule has 1 aliphatic rings. The van der Waals surface area contributed by atoms with Crippen LogP contribution in [0.25, 0.3) is 0 Å². The molecule has 5 nitrogen and oxygen atoms in total. The molecule has 1 heterocycles. The van der Waals surface area contributed by atoms with Crippen molar-refractivity contribution in [3.63, 3.8) is 0 Å². The van der Waals surface area contributed by atoms with E-state index in [1.165, 1.54) is 18.2 Å². The van der Waals surface area contributed by atoms with Crippen LogP contribution in [0.3, 0.4) is 0 Å². The Kier molecular flexibility index (Phi) is 6.31. The number of sulfonamides is 1. The summed E-state index contributed by atoms with van der Waals surface area (Å²) < 4.78 is 39.9. The molecular formula is C15H23FN2O3S. The maximum atomic E-state index is 13.5. The summed E-state index contributed by atoms with van der Waals surface area (Å²) in [6.45, 7) is 2.31. The fourth-order valence-corrected chi connectivity index (χ4v) is 3.93. The molecule has 0 saturated carbocycles. The Bertz CT molecular complexity index is 580. The number of likely N-dealkylation sites (tertiary alicyclic amines) is 1. The van der Waals surface area contributed by atoms with Crippen LogP contribution in [0, 0.1) is 5.82 Å². The van der Waals surface area contributed by atoms with Gasteiger partial charge in [-0.15, -0.1) is 0 Å². The number of benzene rings is 1. The second-order valence-electron chi connectivity index (χ2n) is 5.55. The number of rotatable bonds is 8. The minimum atomic E-state index is -3.78. The zero-order valence-corrected chi connectivity index (χ0v) is 13.4. The van der Waals surface area contributed by atoms with Gasteiger partial charge in [0.05, 0.1) is 6.61 Å². The summed E-state index contributed by atoms with van der Waals surface area (Å²) in [5.41, 5.74) is 0. The first-order valence-electron chi connectivity index (χ1n) is 7.63. The molecule has 0 spiro atoms. The normalized spacial score (nSPS) is 19.6. The van der Waals surface area contributed by atoms with E-state index in [9.17, 15) is 17.9 Å². The maximum Gasteiger partial charge on any atom is 0.243 e. The standard InChI is InChI=1S/C15H23FN2O3S/c16-14-7-1-2-8-15(14)22(20,21)17-9-3-4-10-18-11-5-6-13(18)12-19/h1-2,7-8,13,17,19H,3-6,9-12H2. The average Bonchev–Trinajstić information content (AvgIpc) is 2.94. The van der Waals surface area contributed by atoms with E-state index in [1.807, 2.05) is 0 Å². The van der Waals surface area contributed by atoms with E-state index in [2.05, 4.69) is 9.62 Å². The molecule has 1 aliphatic heterocycles. The smallest absolute Gasteiger partial charge is 0.243 e. The molecule has 1 atom stereocenters. The van der Waals surface area contributed by atoms with Crippen molar-refractivity contribution in [2.75, 3.05) is 26.2 Å². The Labute approximate surface area is 131 Å². The summed E-state index contributed by atoms with van der Waals surface area (Å²) in [5, 5.41) is 9.23. The van der Waals surface area contributed by atoms with Gasteiger partial charge in [-0.25, -0.2) is 17.5 Å². The lowest BCUT2D eigenvalue weighted by atomic mass is 10.2. The van der Waals surface area contributed by atoms with E-state index in [0.29, 0.717) is 6.42 Å². The summed E-state index contributed by atoms with van der Waals surface area (Å²) in [6.07, 6.45) is 3.65. The van der Waals surface area contributed by atoms with Crippen molar-refractivity contribution in [3.05, 3.63) is 30.1 Å². The number of unbranched alkanes of at least 4 members (excludes halogenated alkanes) is 1. The first-order chi connectivity index (χ1) is 10.5. The summed E-state index contributed by atoms with van der Waals surface area (Å²) in [5.74, 6) is -0.738. The SMILES string of the molecule is O=S(=O)(NCCCCN1CCCC1CO)c1ccccc1F. The van der Waals surface area contributed by atoms with E-state index in [-0.39, 0.29) is 24.1 Å². The van der Waals surface area contributed by atoms with Crippen LogP contribution in [-0.4, -0.2) is 50.7 Å². The highest BCUT2D eigenvalue weighted by Crippen LogP contribution is 2.17. The van der Waals surface area contributed by atoms with Crippen LogP contribution in [0.5, 0.6) is 0 Å². The molecule has 2 rings (SSSR count). The number of hydrogen-bond acceptors (Lipinski definition) is 4. The van der Waals surface area contributed by atoms with Gasteiger partial charge >= 0.3 is 0 Å². The van der Waals surface area contributed by atoms with Crippen LogP contribution in [0.2, 0.25) is 0 Å². The van der Waals surface area contributed by atoms with Crippen LogP contribution >= 0.6 is 0 Å². The summed E-state index contributed by atoms with van der Waals surface area (Å²) in [7, 11) is -3.78. The van der Waals surface area contributed by atoms with Crippen LogP contribution in [0.15, 0.2) is 29.2 Å². The van der Waals surface area contributed by atoms with Crippen LogP contribution in [-0.2, 0) is 10.0 Å². The predicted molar refractivity (Wildman–Crippen MR) is 82.5 cm³/mol. The summed E-state index contributed by atoms with van der Waals surface area (Å²) in [4.78, 5) is 1.93. The first-order valence-corrected chi connectivity index (χ1v) is 9.12. The minimum Gasteiger partial charge on any atom is -0.395 e. The third kappa shape index (κ3) is 4.49. The van der Waals surface area contributed by atoms with Gasteiger partial charge in [0.1, 0.15) is 10.7 Å². The summed E-state index contributed by atoms with van der Waals surface area (Å²) >= 11 is 0. The molecule has 0 radical (unpaired) electrons. The quantitative estimate of drug-likeness (QED) is 0.706. The van der Waals surface area contributed by atoms with Gasteiger partial charge in [0.25, 0.3) is 0 Å². The Morgan fingerprint density at radius 3 is 2.82 bits per heavy atom. The third-order valence-electron chi connectivity index (χ3n) is 4.00. The number of nitrogens with one attached hydrogen (secondary N) is 1. The Morgan fingerprint density at radius 1 is 1.32 bits per heavy atom. The third-order valence-corrected chi connectivity index (χ3v) is 5.49. The minimum absolute atomic E-state index is 0.180. The highest BCUT2D eigenvalue weighted by atomic mass is 32.2. The van der Waals surface area contributed by atoms with Gasteiger partial charge in [0.15, 0.2) is 0 Å². The van der Waals surface area contributed by atoms with E-state index in [1.54, 1.807) is 0 Å². The second-order valence-corrected chi connectivity index (χ2v) is 7.29. The van der Waals surface area contributed by atoms with Gasteiger partial charge in [-0.3, -0.25) is 4.90 Å². The number of hydrogen-bond donors (Lipinski definition) is 2. The highest BCUT2D eigenvalue weighted by Gasteiger charge is 2.23. The Hall–Kier alpha value is -1.02. The summed E-state index contributed by atoms with van der Waals surface area (Å²) in [6, 6.07) is 5.60. The molecule has 0 aliphatic carbocycles. The van der Waals surface area contributed by atoms with Gasteiger partial charge < -0.3 is 5.11 Å². The molecule has 2 N–H and O–H groups in total. The lowest BCUT2D eigenvalue weighted by Gasteiger charge is -2.22. The van der Waals surface area contributed by atoms with Crippen molar-refractivity contribution in [2.45, 2.75) is 36.6 Å². The fraction of sp³-hybridized carbons (Fsp3) is 0.600. The number of aliphatic hydroxyl groups is 1. The van der Waals surface area contributed by atoms with Gasteiger partial charge in [-0.2, -0.15) is 0 Å². The van der Waals surface area contributed by atoms with E-state index < -0.39 is 15.8 Å². The topological polar surface area (TPSA) is 69.6 Å². The van der Waals surface area contributed by atoms with E-state index in [0.717, 1.165) is 38.4 Å². The number of halogens is 1. The molecule has 0 amide bonds. The predicted octanol–water partition coefficient (Wildman–Crippen LogP) is 1.34. The molecule has 1 fully saturated rings. The molecule has 124 valence electrons. The van der Waals surface area contributed by atoms with Gasteiger partial charge in [0.2, 0.25) is 10.0 Å². The highest BCUT2D eigenvalue weighted by molar-refractivity contribution is 7.89. The zero-order valence-electron chi connectivity index (χ0n) is 12.5. The van der Waals surface area contributed by atoms with E-state index >= 15 is 0 Å². The van der Waals surface area contributed by atoms with Crippen molar-refractivity contribution in [1.82, 2.24) is 9.62 Å². The average molecular weight is 330 g/mol. The van der Waals surface area contributed by atoms with Crippen molar-refractivity contribution in [1.29, 1.82) is 0 Å². The van der Waals surface area contributed by atoms with Crippen molar-refractivity contribution in [3.8, 4) is 0 Å². The molecular weight excluding hydrogens is 307 g/mol. The molecule has 1 saturated heterocycles. The number of aliphatic hydroxyl groups excluding tert-OH is 1. The maximum absolute atomic E-state index is 13.5. The van der Waals surface area contributed by atoms with Crippen molar-refractivity contribution >= 4 is 10.0 Å². The first kappa shape index (κ1) is 17.3. The van der Waals surface area contributed by atoms with Gasteiger partial charge in [-0.05, 0) is 50.9 Å². The molecule has 0 bridgehead atoms. The van der Waals surface area contributed by atoms with Crippen LogP contribution in [0.1, 0.15) is 25.7 Å².